The molecule has 0 bridgehead atoms. The van der Waals surface area contributed by atoms with Gasteiger partial charge in [0.25, 0.3) is 0 Å². The Labute approximate surface area is 66.8 Å². The number of pyridine rings is 1. The molecule has 0 radical (unpaired) electrons. The maximum Gasteiger partial charge on any atom is 0.0342 e. The van der Waals surface area contributed by atoms with E-state index in [1.165, 1.54) is 5.56 Å². The molecule has 0 unspecified atom stereocenters. The lowest BCUT2D eigenvalue weighted by Gasteiger charge is -1.96. The molecule has 1 aromatic heterocycles. The van der Waals surface area contributed by atoms with E-state index in [1.807, 2.05) is 24.4 Å². The van der Waals surface area contributed by atoms with Crippen LogP contribution in [-0.2, 0) is 0 Å². The first-order valence-electron chi connectivity index (χ1n) is 3.62. The third kappa shape index (κ3) is 2.16. The SMILES string of the molecule is Cc1ccncc1C=CCN. The smallest absolute Gasteiger partial charge is 0.0342 e. The fraction of sp³-hybridized carbons (Fsp3) is 0.222. The van der Waals surface area contributed by atoms with Gasteiger partial charge in [-0.25, -0.2) is 0 Å². The molecular formula is C9H12N2. The Hall–Kier alpha value is -1.15. The molecule has 11 heavy (non-hydrogen) atoms. The molecule has 2 heteroatoms. The second kappa shape index (κ2) is 3.88. The van der Waals surface area contributed by atoms with Crippen LogP contribution in [0.25, 0.3) is 6.08 Å². The lowest BCUT2D eigenvalue weighted by Crippen LogP contribution is -1.92. The number of nitrogens with zero attached hydrogens (tertiary/aromatic N) is 1. The quantitative estimate of drug-likeness (QED) is 0.687. The molecule has 0 aliphatic heterocycles. The standard InChI is InChI=1S/C9H12N2/c1-8-4-6-11-7-9(8)3-2-5-10/h2-4,6-7H,5,10H2,1H3. The van der Waals surface area contributed by atoms with Gasteiger partial charge in [-0.2, -0.15) is 0 Å². The van der Waals surface area contributed by atoms with Gasteiger partial charge in [0.05, 0.1) is 0 Å². The monoisotopic (exact) mass is 148 g/mol. The molecule has 2 N–H and O–H groups in total. The number of rotatable bonds is 2. The van der Waals surface area contributed by atoms with Gasteiger partial charge in [0.2, 0.25) is 0 Å². The van der Waals surface area contributed by atoms with Crippen LogP contribution in [0.15, 0.2) is 24.5 Å². The van der Waals surface area contributed by atoms with Crippen molar-refractivity contribution >= 4 is 6.08 Å². The Morgan fingerprint density at radius 1 is 1.64 bits per heavy atom. The Morgan fingerprint density at radius 3 is 3.09 bits per heavy atom. The Bertz CT molecular complexity index is 253. The maximum atomic E-state index is 5.32. The second-order valence-electron chi connectivity index (χ2n) is 2.37. The largest absolute Gasteiger partial charge is 0.327 e. The molecule has 1 aromatic rings. The van der Waals surface area contributed by atoms with E-state index in [0.29, 0.717) is 6.54 Å². The highest BCUT2D eigenvalue weighted by atomic mass is 14.6. The number of hydrogen-bond donors (Lipinski definition) is 1. The van der Waals surface area contributed by atoms with Crippen molar-refractivity contribution in [2.45, 2.75) is 6.92 Å². The zero-order valence-electron chi connectivity index (χ0n) is 6.62. The normalized spacial score (nSPS) is 10.7. The molecule has 0 spiro atoms. The van der Waals surface area contributed by atoms with E-state index in [4.69, 9.17) is 5.73 Å². The zero-order chi connectivity index (χ0) is 8.10. The predicted molar refractivity (Wildman–Crippen MR) is 47.1 cm³/mol. The molecule has 1 heterocycles. The minimum Gasteiger partial charge on any atom is -0.327 e. The molecule has 0 amide bonds. The van der Waals surface area contributed by atoms with Gasteiger partial charge in [0.1, 0.15) is 0 Å². The summed E-state index contributed by atoms with van der Waals surface area (Å²) in [6.45, 7) is 2.63. The van der Waals surface area contributed by atoms with Crippen LogP contribution in [0.4, 0.5) is 0 Å². The van der Waals surface area contributed by atoms with Crippen molar-refractivity contribution in [3.05, 3.63) is 35.7 Å². The van der Waals surface area contributed by atoms with Crippen LogP contribution in [0, 0.1) is 6.92 Å². The van der Waals surface area contributed by atoms with E-state index < -0.39 is 0 Å². The minimum absolute atomic E-state index is 0.578. The molecule has 0 atom stereocenters. The van der Waals surface area contributed by atoms with Crippen molar-refractivity contribution in [1.29, 1.82) is 0 Å². The molecular weight excluding hydrogens is 136 g/mol. The first kappa shape index (κ1) is 7.95. The number of aromatic nitrogens is 1. The van der Waals surface area contributed by atoms with E-state index in [-0.39, 0.29) is 0 Å². The molecule has 0 aromatic carbocycles. The molecule has 0 fully saturated rings. The Balaban J connectivity index is 2.86. The van der Waals surface area contributed by atoms with Crippen molar-refractivity contribution in [2.75, 3.05) is 6.54 Å². The van der Waals surface area contributed by atoms with E-state index in [0.717, 1.165) is 5.56 Å². The molecule has 0 aliphatic carbocycles. The third-order valence-electron chi connectivity index (χ3n) is 1.51. The molecule has 0 aliphatic rings. The average molecular weight is 148 g/mol. The fourth-order valence-corrected chi connectivity index (χ4v) is 0.846. The van der Waals surface area contributed by atoms with Gasteiger partial charge in [0.15, 0.2) is 0 Å². The summed E-state index contributed by atoms with van der Waals surface area (Å²) in [5.74, 6) is 0. The van der Waals surface area contributed by atoms with Crippen LogP contribution >= 0.6 is 0 Å². The van der Waals surface area contributed by atoms with E-state index in [1.54, 1.807) is 6.20 Å². The number of hydrogen-bond acceptors (Lipinski definition) is 2. The summed E-state index contributed by atoms with van der Waals surface area (Å²) in [5, 5.41) is 0. The van der Waals surface area contributed by atoms with Crippen LogP contribution < -0.4 is 5.73 Å². The molecule has 2 nitrogen and oxygen atoms in total. The van der Waals surface area contributed by atoms with Crippen molar-refractivity contribution in [1.82, 2.24) is 4.98 Å². The van der Waals surface area contributed by atoms with Crippen LogP contribution in [-0.4, -0.2) is 11.5 Å². The number of nitrogens with two attached hydrogens (primary N) is 1. The lowest BCUT2D eigenvalue weighted by atomic mass is 10.1. The Kier molecular flexibility index (Phi) is 2.81. The fourth-order valence-electron chi connectivity index (χ4n) is 0.846. The second-order valence-corrected chi connectivity index (χ2v) is 2.37. The Morgan fingerprint density at radius 2 is 2.45 bits per heavy atom. The molecule has 1 rings (SSSR count). The number of aryl methyl sites for hydroxylation is 1. The summed E-state index contributed by atoms with van der Waals surface area (Å²) in [7, 11) is 0. The summed E-state index contributed by atoms with van der Waals surface area (Å²) < 4.78 is 0. The molecule has 58 valence electrons. The van der Waals surface area contributed by atoms with Crippen molar-refractivity contribution in [3.8, 4) is 0 Å². The van der Waals surface area contributed by atoms with E-state index in [9.17, 15) is 0 Å². The summed E-state index contributed by atoms with van der Waals surface area (Å²) in [4.78, 5) is 4.01. The first-order chi connectivity index (χ1) is 5.34. The maximum absolute atomic E-state index is 5.32. The minimum atomic E-state index is 0.578. The van der Waals surface area contributed by atoms with Crippen molar-refractivity contribution < 1.29 is 0 Å². The van der Waals surface area contributed by atoms with Gasteiger partial charge in [0, 0.05) is 18.9 Å². The van der Waals surface area contributed by atoms with Crippen molar-refractivity contribution in [3.63, 3.8) is 0 Å². The van der Waals surface area contributed by atoms with E-state index in [2.05, 4.69) is 11.9 Å². The van der Waals surface area contributed by atoms with Crippen LogP contribution in [0.5, 0.6) is 0 Å². The van der Waals surface area contributed by atoms with E-state index >= 15 is 0 Å². The molecule has 0 saturated heterocycles. The van der Waals surface area contributed by atoms with Gasteiger partial charge in [-0.1, -0.05) is 12.2 Å². The summed E-state index contributed by atoms with van der Waals surface area (Å²) in [6, 6.07) is 1.98. The predicted octanol–water partition coefficient (Wildman–Crippen LogP) is 1.36. The lowest BCUT2D eigenvalue weighted by molar-refractivity contribution is 1.25. The first-order valence-corrected chi connectivity index (χ1v) is 3.62. The van der Waals surface area contributed by atoms with Crippen LogP contribution in [0.3, 0.4) is 0 Å². The zero-order valence-corrected chi connectivity index (χ0v) is 6.62. The van der Waals surface area contributed by atoms with Crippen LogP contribution in [0.1, 0.15) is 11.1 Å². The summed E-state index contributed by atoms with van der Waals surface area (Å²) >= 11 is 0. The highest BCUT2D eigenvalue weighted by Crippen LogP contribution is 2.05. The van der Waals surface area contributed by atoms with Gasteiger partial charge < -0.3 is 5.73 Å². The van der Waals surface area contributed by atoms with Gasteiger partial charge >= 0.3 is 0 Å². The summed E-state index contributed by atoms with van der Waals surface area (Å²) in [6.07, 6.45) is 7.53. The summed E-state index contributed by atoms with van der Waals surface area (Å²) in [5.41, 5.74) is 7.68. The molecule has 0 saturated carbocycles. The van der Waals surface area contributed by atoms with Crippen LogP contribution in [0.2, 0.25) is 0 Å². The van der Waals surface area contributed by atoms with Crippen molar-refractivity contribution in [2.24, 2.45) is 5.73 Å². The third-order valence-corrected chi connectivity index (χ3v) is 1.51. The van der Waals surface area contributed by atoms with Gasteiger partial charge in [-0.05, 0) is 24.1 Å². The topological polar surface area (TPSA) is 38.9 Å². The highest BCUT2D eigenvalue weighted by Gasteiger charge is 1.89. The van der Waals surface area contributed by atoms with Gasteiger partial charge in [-0.15, -0.1) is 0 Å². The van der Waals surface area contributed by atoms with Gasteiger partial charge in [-0.3, -0.25) is 4.98 Å². The average Bonchev–Trinajstić information content (AvgIpc) is 2.03. The highest BCUT2D eigenvalue weighted by molar-refractivity contribution is 5.51.